The highest BCUT2D eigenvalue weighted by Gasteiger charge is 2.23. The fraction of sp³-hybridized carbons (Fsp3) is 0.194. The molecule has 1 atom stereocenters. The lowest BCUT2D eigenvalue weighted by Gasteiger charge is -2.27. The summed E-state index contributed by atoms with van der Waals surface area (Å²) in [5.74, 6) is -1.06. The molecule has 0 spiro atoms. The third-order valence-electron chi connectivity index (χ3n) is 7.11. The highest BCUT2D eigenvalue weighted by molar-refractivity contribution is 5.92. The summed E-state index contributed by atoms with van der Waals surface area (Å²) < 4.78 is 28.8. The molecule has 0 radical (unpaired) electrons. The van der Waals surface area contributed by atoms with Crippen LogP contribution in [0.15, 0.2) is 72.9 Å². The van der Waals surface area contributed by atoms with Crippen LogP contribution in [0.25, 0.3) is 22.3 Å². The van der Waals surface area contributed by atoms with Gasteiger partial charge in [-0.05, 0) is 54.4 Å². The van der Waals surface area contributed by atoms with Crippen molar-refractivity contribution in [2.24, 2.45) is 5.73 Å². The molecular formula is C31H26FN5O5. The first-order chi connectivity index (χ1) is 20.3. The van der Waals surface area contributed by atoms with Crippen molar-refractivity contribution in [3.63, 3.8) is 0 Å². The van der Waals surface area contributed by atoms with Gasteiger partial charge in [0.15, 0.2) is 0 Å². The van der Waals surface area contributed by atoms with Gasteiger partial charge in [0.2, 0.25) is 5.88 Å². The average Bonchev–Trinajstić information content (AvgIpc) is 3.30. The van der Waals surface area contributed by atoms with Crippen molar-refractivity contribution in [3.8, 4) is 17.1 Å². The number of primary amides is 1. The molecule has 0 aliphatic carbocycles. The Kier molecular flexibility index (Phi) is 7.32. The normalized spacial score (nSPS) is 14.5. The molecule has 1 saturated heterocycles. The van der Waals surface area contributed by atoms with Crippen molar-refractivity contribution in [3.05, 3.63) is 107 Å². The maximum Gasteiger partial charge on any atom is 0.335 e. The third-order valence-corrected chi connectivity index (χ3v) is 7.11. The van der Waals surface area contributed by atoms with Crippen LogP contribution in [0.5, 0.6) is 5.88 Å². The van der Waals surface area contributed by atoms with E-state index in [2.05, 4.69) is 9.97 Å². The molecule has 10 nitrogen and oxygen atoms in total. The first-order valence-electron chi connectivity index (χ1n) is 13.3. The number of benzene rings is 2. The first kappa shape index (κ1) is 27.0. The number of aromatic carboxylic acids is 1. The van der Waals surface area contributed by atoms with Crippen LogP contribution in [0.4, 0.5) is 4.39 Å². The lowest BCUT2D eigenvalue weighted by molar-refractivity contribution is -0.0589. The van der Waals surface area contributed by atoms with E-state index in [4.69, 9.17) is 20.2 Å². The number of carbonyl (C=O) groups is 2. The number of ether oxygens (including phenoxy) is 2. The molecule has 4 heterocycles. The second-order valence-electron chi connectivity index (χ2n) is 9.99. The highest BCUT2D eigenvalue weighted by Crippen LogP contribution is 2.27. The summed E-state index contributed by atoms with van der Waals surface area (Å²) in [5.41, 5.74) is 9.10. The molecule has 1 amide bonds. The Hall–Kier alpha value is -5.16. The number of aromatic nitrogens is 4. The SMILES string of the molecule is NC(=O)c1ccc(COc2cccc(-c3ccc(Cc4nc5ccc(C(=O)O)cc5n4C[C@@H]4CCO4)cc3F)n2)cn1. The number of nitrogens with two attached hydrogens (primary N) is 1. The van der Waals surface area contributed by atoms with Crippen molar-refractivity contribution < 1.29 is 28.6 Å². The molecule has 0 unspecified atom stereocenters. The summed E-state index contributed by atoms with van der Waals surface area (Å²) in [6.45, 7) is 1.39. The molecule has 3 aromatic heterocycles. The van der Waals surface area contributed by atoms with E-state index in [0.717, 1.165) is 12.0 Å². The van der Waals surface area contributed by atoms with Crippen molar-refractivity contribution in [2.75, 3.05) is 6.61 Å². The first-order valence-corrected chi connectivity index (χ1v) is 13.3. The van der Waals surface area contributed by atoms with Crippen LogP contribution in [0.1, 0.15) is 44.2 Å². The molecule has 6 rings (SSSR count). The Morgan fingerprint density at radius 1 is 1.07 bits per heavy atom. The number of hydrogen-bond donors (Lipinski definition) is 2. The van der Waals surface area contributed by atoms with Crippen molar-refractivity contribution in [2.45, 2.75) is 32.1 Å². The van der Waals surface area contributed by atoms with Gasteiger partial charge in [-0.1, -0.05) is 18.2 Å². The van der Waals surface area contributed by atoms with E-state index in [9.17, 15) is 14.7 Å². The molecule has 5 aromatic rings. The Balaban J connectivity index is 1.21. The van der Waals surface area contributed by atoms with Gasteiger partial charge in [-0.15, -0.1) is 0 Å². The number of hydrogen-bond acceptors (Lipinski definition) is 7. The second-order valence-corrected chi connectivity index (χ2v) is 9.99. The average molecular weight is 568 g/mol. The van der Waals surface area contributed by atoms with Crippen LogP contribution >= 0.6 is 0 Å². The van der Waals surface area contributed by atoms with Gasteiger partial charge in [-0.2, -0.15) is 0 Å². The Morgan fingerprint density at radius 2 is 1.90 bits per heavy atom. The predicted octanol–water partition coefficient (Wildman–Crippen LogP) is 4.39. The number of carboxylic acids is 1. The van der Waals surface area contributed by atoms with E-state index < -0.39 is 17.7 Å². The number of carbonyl (C=O) groups excluding carboxylic acids is 1. The zero-order valence-corrected chi connectivity index (χ0v) is 22.4. The number of pyridine rings is 2. The Morgan fingerprint density at radius 3 is 2.60 bits per heavy atom. The van der Waals surface area contributed by atoms with Gasteiger partial charge in [0, 0.05) is 36.4 Å². The van der Waals surface area contributed by atoms with Crippen molar-refractivity contribution in [1.82, 2.24) is 19.5 Å². The van der Waals surface area contributed by atoms with E-state index in [0.29, 0.717) is 59.1 Å². The van der Waals surface area contributed by atoms with Crippen LogP contribution in [-0.2, 0) is 24.3 Å². The topological polar surface area (TPSA) is 142 Å². The fourth-order valence-corrected chi connectivity index (χ4v) is 4.79. The van der Waals surface area contributed by atoms with Gasteiger partial charge in [0.05, 0.1) is 34.9 Å². The highest BCUT2D eigenvalue weighted by atomic mass is 19.1. The summed E-state index contributed by atoms with van der Waals surface area (Å²) in [6.07, 6.45) is 2.79. The minimum Gasteiger partial charge on any atom is -0.478 e. The van der Waals surface area contributed by atoms with Crippen LogP contribution < -0.4 is 10.5 Å². The number of rotatable bonds is 10. The van der Waals surface area contributed by atoms with Crippen LogP contribution in [0, 0.1) is 5.82 Å². The van der Waals surface area contributed by atoms with E-state index in [1.807, 2.05) is 10.6 Å². The van der Waals surface area contributed by atoms with Crippen LogP contribution in [0.2, 0.25) is 0 Å². The molecule has 2 aromatic carbocycles. The van der Waals surface area contributed by atoms with Crippen molar-refractivity contribution >= 4 is 22.9 Å². The standard InChI is InChI=1S/C31H26FN5O5/c32-23-12-18(13-28-35-25-9-6-20(31(39)40)14-27(25)37(28)16-21-10-11-41-21)4-7-22(23)24-2-1-3-29(36-24)42-17-19-5-8-26(30(33)38)34-15-19/h1-9,12,14-15,21H,10-11,13,16-17H2,(H2,33,38)(H,39,40)/t21-/m0/s1. The molecule has 1 aliphatic rings. The largest absolute Gasteiger partial charge is 0.478 e. The van der Waals surface area contributed by atoms with Crippen molar-refractivity contribution in [1.29, 1.82) is 0 Å². The Labute approximate surface area is 239 Å². The smallest absolute Gasteiger partial charge is 0.335 e. The number of halogens is 1. The van der Waals surface area contributed by atoms with Gasteiger partial charge in [-0.3, -0.25) is 9.78 Å². The number of fused-ring (bicyclic) bond motifs is 1. The third kappa shape index (κ3) is 5.68. The molecule has 3 N–H and O–H groups in total. The summed E-state index contributed by atoms with van der Waals surface area (Å²) in [6, 6.07) is 18.1. The van der Waals surface area contributed by atoms with Gasteiger partial charge in [0.1, 0.15) is 23.9 Å². The zero-order chi connectivity index (χ0) is 29.2. The number of imidazole rings is 1. The van der Waals surface area contributed by atoms with Crippen LogP contribution in [0.3, 0.4) is 0 Å². The van der Waals surface area contributed by atoms with Gasteiger partial charge in [0.25, 0.3) is 5.91 Å². The molecule has 1 fully saturated rings. The molecule has 212 valence electrons. The van der Waals surface area contributed by atoms with Gasteiger partial charge in [-0.25, -0.2) is 19.2 Å². The fourth-order valence-electron chi connectivity index (χ4n) is 4.79. The monoisotopic (exact) mass is 567 g/mol. The Bertz CT molecular complexity index is 1800. The zero-order valence-electron chi connectivity index (χ0n) is 22.4. The molecular weight excluding hydrogens is 541 g/mol. The van der Waals surface area contributed by atoms with Gasteiger partial charge >= 0.3 is 5.97 Å². The molecule has 42 heavy (non-hydrogen) atoms. The molecule has 0 bridgehead atoms. The summed E-state index contributed by atoms with van der Waals surface area (Å²) in [7, 11) is 0. The molecule has 0 saturated carbocycles. The molecule has 11 heteroatoms. The number of amides is 1. The minimum atomic E-state index is -1.01. The van der Waals surface area contributed by atoms with Gasteiger partial charge < -0.3 is 24.9 Å². The van der Waals surface area contributed by atoms with E-state index in [1.54, 1.807) is 42.5 Å². The maximum atomic E-state index is 15.4. The number of carboxylic acid groups (broad SMARTS) is 1. The summed E-state index contributed by atoms with van der Waals surface area (Å²) in [5, 5.41) is 9.47. The summed E-state index contributed by atoms with van der Waals surface area (Å²) in [4.78, 5) is 35.9. The predicted molar refractivity (Wildman–Crippen MR) is 151 cm³/mol. The molecule has 1 aliphatic heterocycles. The maximum absolute atomic E-state index is 15.4. The van der Waals surface area contributed by atoms with E-state index in [1.165, 1.54) is 24.4 Å². The van der Waals surface area contributed by atoms with E-state index in [-0.39, 0.29) is 24.0 Å². The lowest BCUT2D eigenvalue weighted by Crippen LogP contribution is -2.31. The number of nitrogens with zero attached hydrogens (tertiary/aromatic N) is 4. The summed E-state index contributed by atoms with van der Waals surface area (Å²) >= 11 is 0. The lowest BCUT2D eigenvalue weighted by atomic mass is 10.1. The van der Waals surface area contributed by atoms with E-state index >= 15 is 4.39 Å². The minimum absolute atomic E-state index is 0.0279. The second kappa shape index (κ2) is 11.4. The van der Waals surface area contributed by atoms with Crippen LogP contribution in [-0.4, -0.2) is 49.2 Å². The quantitative estimate of drug-likeness (QED) is 0.253.